The Morgan fingerprint density at radius 2 is 2.15 bits per heavy atom. The van der Waals surface area contributed by atoms with Gasteiger partial charge < -0.3 is 21.3 Å². The van der Waals surface area contributed by atoms with E-state index in [-0.39, 0.29) is 18.0 Å². The molecular formula is C16H18N8O2S. The van der Waals surface area contributed by atoms with Crippen LogP contribution in [0.5, 0.6) is 0 Å². The van der Waals surface area contributed by atoms with E-state index in [9.17, 15) is 9.59 Å². The van der Waals surface area contributed by atoms with Crippen LogP contribution in [0.4, 0.5) is 11.6 Å². The lowest BCUT2D eigenvalue weighted by Gasteiger charge is -2.28. The van der Waals surface area contributed by atoms with E-state index in [0.29, 0.717) is 15.8 Å². The number of hydrogen-bond acceptors (Lipinski definition) is 9. The highest BCUT2D eigenvalue weighted by molar-refractivity contribution is 7.19. The van der Waals surface area contributed by atoms with Crippen molar-refractivity contribution in [3.63, 3.8) is 0 Å². The molecule has 1 aliphatic heterocycles. The average molecular weight is 386 g/mol. The summed E-state index contributed by atoms with van der Waals surface area (Å²) in [6.07, 6.45) is 1.59. The van der Waals surface area contributed by atoms with Gasteiger partial charge in [0.15, 0.2) is 0 Å². The standard InChI is InChI=1S/C16H18N8O2S/c17-9-13(26)20-11-7-10(1-2-19-11)15-22-24-14(23-5-3-18-4-6-23)8-12(25)21-16(24)27-15/h1-2,7-8,18H,3-6,9,17H2,(H,19,20,26). The Morgan fingerprint density at radius 1 is 1.33 bits per heavy atom. The first-order valence-electron chi connectivity index (χ1n) is 8.47. The van der Waals surface area contributed by atoms with E-state index in [4.69, 9.17) is 5.73 Å². The number of carbonyl (C=O) groups is 1. The number of aromatic nitrogens is 4. The smallest absolute Gasteiger partial charge is 0.276 e. The number of nitrogens with zero attached hydrogens (tertiary/aromatic N) is 5. The van der Waals surface area contributed by atoms with Crippen molar-refractivity contribution in [2.75, 3.05) is 42.9 Å². The molecule has 3 aromatic rings. The van der Waals surface area contributed by atoms with Gasteiger partial charge >= 0.3 is 0 Å². The van der Waals surface area contributed by atoms with Gasteiger partial charge in [0, 0.05) is 44.0 Å². The SMILES string of the molecule is NCC(=O)Nc1cc(-c2nn3c(N4CCNCC4)cc(=O)nc3s2)ccn1. The number of pyridine rings is 1. The molecule has 4 heterocycles. The summed E-state index contributed by atoms with van der Waals surface area (Å²) < 4.78 is 1.70. The van der Waals surface area contributed by atoms with Gasteiger partial charge in [-0.05, 0) is 12.1 Å². The molecule has 140 valence electrons. The van der Waals surface area contributed by atoms with Crippen molar-refractivity contribution in [2.45, 2.75) is 0 Å². The lowest BCUT2D eigenvalue weighted by atomic mass is 10.3. The molecule has 1 fully saturated rings. The maximum atomic E-state index is 12.0. The third-order valence-corrected chi connectivity index (χ3v) is 5.09. The minimum atomic E-state index is -0.322. The lowest BCUT2D eigenvalue weighted by molar-refractivity contribution is -0.114. The molecule has 11 heteroatoms. The van der Waals surface area contributed by atoms with E-state index in [1.165, 1.54) is 17.4 Å². The van der Waals surface area contributed by atoms with Gasteiger partial charge in [0.2, 0.25) is 10.9 Å². The number of fused-ring (bicyclic) bond motifs is 1. The van der Waals surface area contributed by atoms with Crippen molar-refractivity contribution in [1.29, 1.82) is 0 Å². The molecule has 4 rings (SSSR count). The van der Waals surface area contributed by atoms with Gasteiger partial charge in [-0.1, -0.05) is 11.3 Å². The van der Waals surface area contributed by atoms with Gasteiger partial charge in [0.05, 0.1) is 6.54 Å². The summed E-state index contributed by atoms with van der Waals surface area (Å²) in [5.74, 6) is 0.809. The highest BCUT2D eigenvalue weighted by Crippen LogP contribution is 2.28. The van der Waals surface area contributed by atoms with Gasteiger partial charge in [-0.25, -0.2) is 4.98 Å². The Hall–Kier alpha value is -2.89. The van der Waals surface area contributed by atoms with E-state index < -0.39 is 0 Å². The summed E-state index contributed by atoms with van der Waals surface area (Å²) in [6, 6.07) is 5.02. The zero-order valence-corrected chi connectivity index (χ0v) is 15.2. The quantitative estimate of drug-likeness (QED) is 0.548. The number of carbonyl (C=O) groups excluding carboxylic acids is 1. The van der Waals surface area contributed by atoms with Crippen molar-refractivity contribution in [2.24, 2.45) is 5.73 Å². The van der Waals surface area contributed by atoms with Crippen LogP contribution in [0, 0.1) is 0 Å². The first-order valence-corrected chi connectivity index (χ1v) is 9.28. The molecule has 3 aromatic heterocycles. The van der Waals surface area contributed by atoms with Crippen LogP contribution < -0.4 is 26.8 Å². The Kier molecular flexibility index (Phi) is 4.79. The molecule has 1 saturated heterocycles. The number of nitrogens with two attached hydrogens (primary N) is 1. The molecule has 0 atom stereocenters. The zero-order chi connectivity index (χ0) is 18.8. The number of rotatable bonds is 4. The Labute approximate surface area is 158 Å². The van der Waals surface area contributed by atoms with Crippen LogP contribution in [0.2, 0.25) is 0 Å². The third-order valence-electron chi connectivity index (χ3n) is 4.14. The molecule has 27 heavy (non-hydrogen) atoms. The second-order valence-electron chi connectivity index (χ2n) is 5.97. The zero-order valence-electron chi connectivity index (χ0n) is 14.4. The van der Waals surface area contributed by atoms with Crippen molar-refractivity contribution >= 4 is 33.8 Å². The molecule has 0 aromatic carbocycles. The van der Waals surface area contributed by atoms with E-state index >= 15 is 0 Å². The highest BCUT2D eigenvalue weighted by atomic mass is 32.1. The molecule has 1 amide bonds. The first kappa shape index (κ1) is 17.5. The van der Waals surface area contributed by atoms with Crippen LogP contribution in [0.15, 0.2) is 29.2 Å². The fourth-order valence-electron chi connectivity index (χ4n) is 2.86. The van der Waals surface area contributed by atoms with Crippen LogP contribution >= 0.6 is 11.3 Å². The van der Waals surface area contributed by atoms with E-state index in [1.807, 2.05) is 0 Å². The topological polar surface area (TPSA) is 131 Å². The van der Waals surface area contributed by atoms with E-state index in [1.54, 1.807) is 22.8 Å². The second kappa shape index (κ2) is 7.39. The number of hydrogen-bond donors (Lipinski definition) is 3. The predicted molar refractivity (Wildman–Crippen MR) is 103 cm³/mol. The minimum absolute atomic E-state index is 0.118. The van der Waals surface area contributed by atoms with Gasteiger partial charge in [-0.2, -0.15) is 14.6 Å². The largest absolute Gasteiger partial charge is 0.354 e. The molecule has 4 N–H and O–H groups in total. The van der Waals surface area contributed by atoms with Crippen LogP contribution in [-0.2, 0) is 4.79 Å². The van der Waals surface area contributed by atoms with Crippen molar-refractivity contribution in [3.8, 4) is 10.6 Å². The molecular weight excluding hydrogens is 368 g/mol. The normalized spacial score (nSPS) is 14.5. The van der Waals surface area contributed by atoms with Gasteiger partial charge in [0.25, 0.3) is 5.56 Å². The van der Waals surface area contributed by atoms with Crippen LogP contribution in [0.3, 0.4) is 0 Å². The summed E-state index contributed by atoms with van der Waals surface area (Å²) >= 11 is 1.31. The van der Waals surface area contributed by atoms with Gasteiger partial charge in [0.1, 0.15) is 16.6 Å². The monoisotopic (exact) mass is 386 g/mol. The molecule has 0 radical (unpaired) electrons. The molecule has 0 bridgehead atoms. The van der Waals surface area contributed by atoms with Crippen molar-refractivity contribution in [1.82, 2.24) is 24.9 Å². The number of piperazine rings is 1. The predicted octanol–water partition coefficient (Wildman–Crippen LogP) is -0.480. The van der Waals surface area contributed by atoms with Crippen molar-refractivity contribution < 1.29 is 4.79 Å². The molecule has 0 aliphatic carbocycles. The van der Waals surface area contributed by atoms with Crippen molar-refractivity contribution in [3.05, 3.63) is 34.7 Å². The maximum absolute atomic E-state index is 12.0. The Balaban J connectivity index is 1.74. The second-order valence-corrected chi connectivity index (χ2v) is 6.93. The minimum Gasteiger partial charge on any atom is -0.354 e. The first-order chi connectivity index (χ1) is 13.1. The summed E-state index contributed by atoms with van der Waals surface area (Å²) in [7, 11) is 0. The molecule has 10 nitrogen and oxygen atoms in total. The number of amides is 1. The number of anilines is 2. The maximum Gasteiger partial charge on any atom is 0.276 e. The third kappa shape index (κ3) is 3.65. The van der Waals surface area contributed by atoms with Gasteiger partial charge in [-0.3, -0.25) is 9.59 Å². The Bertz CT molecular complexity index is 1040. The summed E-state index contributed by atoms with van der Waals surface area (Å²) in [6.45, 7) is 3.17. The summed E-state index contributed by atoms with van der Waals surface area (Å²) in [5, 5.41) is 11.2. The average Bonchev–Trinajstić information content (AvgIpc) is 3.12. The highest BCUT2D eigenvalue weighted by Gasteiger charge is 2.18. The molecule has 1 aliphatic rings. The molecule has 0 spiro atoms. The van der Waals surface area contributed by atoms with E-state index in [2.05, 4.69) is 30.6 Å². The fraction of sp³-hybridized carbons (Fsp3) is 0.312. The molecule has 0 unspecified atom stereocenters. The van der Waals surface area contributed by atoms with Crippen LogP contribution in [0.25, 0.3) is 15.5 Å². The summed E-state index contributed by atoms with van der Waals surface area (Å²) in [4.78, 5) is 34.4. The van der Waals surface area contributed by atoms with Crippen LogP contribution in [0.1, 0.15) is 0 Å². The lowest BCUT2D eigenvalue weighted by Crippen LogP contribution is -2.44. The Morgan fingerprint density at radius 3 is 2.93 bits per heavy atom. The van der Waals surface area contributed by atoms with Crippen LogP contribution in [-0.4, -0.2) is 58.2 Å². The van der Waals surface area contributed by atoms with Gasteiger partial charge in [-0.15, -0.1) is 0 Å². The summed E-state index contributed by atoms with van der Waals surface area (Å²) in [5.41, 5.74) is 5.80. The van der Waals surface area contributed by atoms with E-state index in [0.717, 1.165) is 37.6 Å². The molecule has 0 saturated carbocycles. The fourth-order valence-corrected chi connectivity index (χ4v) is 3.76. The number of nitrogens with one attached hydrogen (secondary N) is 2.